The first kappa shape index (κ1) is 29.8. The minimum atomic E-state index is -5.16. The van der Waals surface area contributed by atoms with Gasteiger partial charge in [-0.3, -0.25) is 19.0 Å². The average Bonchev–Trinajstić information content (AvgIpc) is 3.35. The van der Waals surface area contributed by atoms with Crippen LogP contribution >= 0.6 is 11.6 Å². The number of amides is 3. The van der Waals surface area contributed by atoms with Crippen molar-refractivity contribution in [1.82, 2.24) is 19.8 Å². The fourth-order valence-electron chi connectivity index (χ4n) is 4.37. The normalized spacial score (nSPS) is 14.0. The Morgan fingerprint density at radius 3 is 2.44 bits per heavy atom. The fraction of sp³-hybridized carbons (Fsp3) is 0.308. The number of aromatic nitrogens is 2. The molecule has 0 atom stereocenters. The highest BCUT2D eigenvalue weighted by Crippen LogP contribution is 2.34. The molecule has 0 bridgehead atoms. The minimum absolute atomic E-state index is 0.0526. The number of nitrogens with one attached hydrogen (secondary N) is 2. The zero-order chi connectivity index (χ0) is 29.7. The average molecular weight is 597 g/mol. The zero-order valence-electron chi connectivity index (χ0n) is 21.4. The number of imidazole rings is 1. The molecule has 0 saturated carbocycles. The van der Waals surface area contributed by atoms with Gasteiger partial charge in [0.25, 0.3) is 17.7 Å². The fourth-order valence-corrected chi connectivity index (χ4v) is 4.63. The highest BCUT2D eigenvalue weighted by atomic mass is 35.5. The number of hydrogen-bond acceptors (Lipinski definition) is 6. The van der Waals surface area contributed by atoms with Gasteiger partial charge in [-0.05, 0) is 56.3 Å². The molecule has 1 aliphatic heterocycles. The number of primary amides is 1. The van der Waals surface area contributed by atoms with E-state index in [-0.39, 0.29) is 34.2 Å². The van der Waals surface area contributed by atoms with Crippen LogP contribution in [-0.2, 0) is 0 Å². The van der Waals surface area contributed by atoms with Crippen molar-refractivity contribution >= 4 is 35.0 Å². The number of carbonyl (C=O) groups is 3. The molecule has 3 aromatic rings. The molecule has 4 rings (SSSR count). The summed E-state index contributed by atoms with van der Waals surface area (Å²) in [4.78, 5) is 43.9. The molecule has 0 radical (unpaired) electrons. The Kier molecular flexibility index (Phi) is 9.13. The van der Waals surface area contributed by atoms with Gasteiger partial charge in [0.1, 0.15) is 17.8 Å². The Balaban J connectivity index is 1.63. The van der Waals surface area contributed by atoms with E-state index in [0.717, 1.165) is 73.6 Å². The highest BCUT2D eigenvalue weighted by Gasteiger charge is 2.33. The van der Waals surface area contributed by atoms with Crippen LogP contribution in [0.25, 0.3) is 5.69 Å². The van der Waals surface area contributed by atoms with Crippen LogP contribution in [0.3, 0.4) is 0 Å². The van der Waals surface area contributed by atoms with Gasteiger partial charge in [0.05, 0.1) is 22.0 Å². The first-order valence-corrected chi connectivity index (χ1v) is 12.8. The molecule has 1 aromatic heterocycles. The number of halogens is 5. The number of piperidine rings is 1. The van der Waals surface area contributed by atoms with Gasteiger partial charge in [0.15, 0.2) is 11.4 Å². The molecule has 1 saturated heterocycles. The molecule has 15 heteroatoms. The standard InChI is InChI=1S/C26H25ClF4N6O4/c27-18-12-15(28)4-6-17(18)24(39)35-19-7-5-16(13-20(19)41-26(29,30)31)37-14-34-21(23(32)38)22(37)25(40)33-8-11-36-9-2-1-3-10-36/h4-7,12-14H,1-3,8-11H2,(H2,32,38)(H,33,40)(H,35,39). The summed E-state index contributed by atoms with van der Waals surface area (Å²) in [6.45, 7) is 2.63. The Morgan fingerprint density at radius 1 is 1.05 bits per heavy atom. The molecule has 10 nitrogen and oxygen atoms in total. The van der Waals surface area contributed by atoms with Crippen molar-refractivity contribution in [3.05, 3.63) is 70.5 Å². The van der Waals surface area contributed by atoms with E-state index < -0.39 is 41.3 Å². The topological polar surface area (TPSA) is 132 Å². The number of nitrogens with zero attached hydrogens (tertiary/aromatic N) is 3. The smallest absolute Gasteiger partial charge is 0.403 e. The number of benzene rings is 2. The van der Waals surface area contributed by atoms with Crippen molar-refractivity contribution in [3.63, 3.8) is 0 Å². The molecule has 2 heterocycles. The largest absolute Gasteiger partial charge is 0.573 e. The van der Waals surface area contributed by atoms with Crippen LogP contribution in [0.2, 0.25) is 5.02 Å². The second kappa shape index (κ2) is 12.6. The van der Waals surface area contributed by atoms with Gasteiger partial charge in [-0.15, -0.1) is 13.2 Å². The summed E-state index contributed by atoms with van der Waals surface area (Å²) in [5, 5.41) is 4.69. The second-order valence-corrected chi connectivity index (χ2v) is 9.55. The van der Waals surface area contributed by atoms with Crippen LogP contribution in [0.15, 0.2) is 42.7 Å². The van der Waals surface area contributed by atoms with E-state index in [0.29, 0.717) is 6.54 Å². The van der Waals surface area contributed by atoms with E-state index in [1.807, 2.05) is 0 Å². The first-order chi connectivity index (χ1) is 19.4. The van der Waals surface area contributed by atoms with Crippen molar-refractivity contribution in [2.75, 3.05) is 31.5 Å². The summed E-state index contributed by atoms with van der Waals surface area (Å²) in [6, 6.07) is 6.16. The quantitative estimate of drug-likeness (QED) is 0.318. The number of likely N-dealkylation sites (tertiary alicyclic amines) is 1. The molecule has 3 amide bonds. The molecule has 0 unspecified atom stereocenters. The van der Waals surface area contributed by atoms with Gasteiger partial charge in [-0.25, -0.2) is 9.37 Å². The highest BCUT2D eigenvalue weighted by molar-refractivity contribution is 6.34. The number of hydrogen-bond donors (Lipinski definition) is 3. The van der Waals surface area contributed by atoms with Crippen molar-refractivity contribution in [2.45, 2.75) is 25.6 Å². The first-order valence-electron chi connectivity index (χ1n) is 12.5. The molecule has 2 aromatic carbocycles. The lowest BCUT2D eigenvalue weighted by Gasteiger charge is -2.26. The Morgan fingerprint density at radius 2 is 1.78 bits per heavy atom. The third-order valence-corrected chi connectivity index (χ3v) is 6.58. The molecule has 1 fully saturated rings. The molecule has 0 spiro atoms. The second-order valence-electron chi connectivity index (χ2n) is 9.14. The third-order valence-electron chi connectivity index (χ3n) is 6.27. The number of carbonyl (C=O) groups excluding carboxylic acids is 3. The number of alkyl halides is 3. The van der Waals surface area contributed by atoms with Crippen LogP contribution in [0.5, 0.6) is 5.75 Å². The van der Waals surface area contributed by atoms with E-state index in [2.05, 4.69) is 25.3 Å². The van der Waals surface area contributed by atoms with Crippen molar-refractivity contribution < 1.29 is 36.7 Å². The molecule has 0 aliphatic carbocycles. The maximum absolute atomic E-state index is 13.4. The van der Waals surface area contributed by atoms with Crippen molar-refractivity contribution in [2.24, 2.45) is 5.73 Å². The SMILES string of the molecule is NC(=O)c1ncn(-c2ccc(NC(=O)c3ccc(F)cc3Cl)c(OC(F)(F)F)c2)c1C(=O)NCCN1CCCCC1. The van der Waals surface area contributed by atoms with Crippen LogP contribution in [0, 0.1) is 5.82 Å². The maximum Gasteiger partial charge on any atom is 0.573 e. The van der Waals surface area contributed by atoms with Gasteiger partial charge in [0, 0.05) is 19.2 Å². The van der Waals surface area contributed by atoms with Gasteiger partial charge in [-0.1, -0.05) is 18.0 Å². The van der Waals surface area contributed by atoms with Gasteiger partial charge in [0.2, 0.25) is 0 Å². The summed E-state index contributed by atoms with van der Waals surface area (Å²) in [6.07, 6.45) is -0.840. The summed E-state index contributed by atoms with van der Waals surface area (Å²) >= 11 is 5.90. The molecule has 1 aliphatic rings. The summed E-state index contributed by atoms with van der Waals surface area (Å²) in [5.41, 5.74) is 4.07. The lowest BCUT2D eigenvalue weighted by molar-refractivity contribution is -0.274. The van der Waals surface area contributed by atoms with Crippen molar-refractivity contribution in [1.29, 1.82) is 0 Å². The van der Waals surface area contributed by atoms with Gasteiger partial charge >= 0.3 is 6.36 Å². The number of nitrogens with two attached hydrogens (primary N) is 1. The van der Waals surface area contributed by atoms with Crippen LogP contribution in [-0.4, -0.2) is 64.7 Å². The maximum atomic E-state index is 13.4. The van der Waals surface area contributed by atoms with Crippen LogP contribution < -0.4 is 21.1 Å². The van der Waals surface area contributed by atoms with E-state index in [4.69, 9.17) is 17.3 Å². The van der Waals surface area contributed by atoms with Gasteiger partial charge < -0.3 is 26.0 Å². The molecular formula is C26H25ClF4N6O4. The number of rotatable bonds is 9. The lowest BCUT2D eigenvalue weighted by Crippen LogP contribution is -2.38. The number of anilines is 1. The Hall–Kier alpha value is -4.17. The van der Waals surface area contributed by atoms with E-state index in [1.165, 1.54) is 6.07 Å². The van der Waals surface area contributed by atoms with Crippen molar-refractivity contribution in [3.8, 4) is 11.4 Å². The summed E-state index contributed by atoms with van der Waals surface area (Å²) in [5.74, 6) is -4.21. The molecule has 218 valence electrons. The van der Waals surface area contributed by atoms with Crippen LogP contribution in [0.1, 0.15) is 50.6 Å². The van der Waals surface area contributed by atoms with Gasteiger partial charge in [-0.2, -0.15) is 0 Å². The van der Waals surface area contributed by atoms with E-state index in [9.17, 15) is 31.9 Å². The Labute approximate surface area is 236 Å². The molecular weight excluding hydrogens is 572 g/mol. The molecule has 41 heavy (non-hydrogen) atoms. The third kappa shape index (κ3) is 7.52. The predicted octanol–water partition coefficient (Wildman–Crippen LogP) is 4.13. The summed E-state index contributed by atoms with van der Waals surface area (Å²) < 4.78 is 58.4. The van der Waals surface area contributed by atoms with Crippen LogP contribution in [0.4, 0.5) is 23.2 Å². The summed E-state index contributed by atoms with van der Waals surface area (Å²) in [7, 11) is 0. The minimum Gasteiger partial charge on any atom is -0.403 e. The molecule has 4 N–H and O–H groups in total. The lowest BCUT2D eigenvalue weighted by atomic mass is 10.1. The van der Waals surface area contributed by atoms with E-state index >= 15 is 0 Å². The zero-order valence-corrected chi connectivity index (χ0v) is 22.2. The predicted molar refractivity (Wildman–Crippen MR) is 141 cm³/mol. The Bertz CT molecular complexity index is 1460. The number of ether oxygens (including phenoxy) is 1. The van der Waals surface area contributed by atoms with E-state index in [1.54, 1.807) is 0 Å². The monoisotopic (exact) mass is 596 g/mol.